The van der Waals surface area contributed by atoms with Gasteiger partial charge in [-0.15, -0.1) is 15.0 Å². The molecule has 130 valence electrons. The molecule has 0 bridgehead atoms. The third-order valence-corrected chi connectivity index (χ3v) is 5.26. The second-order valence-electron chi connectivity index (χ2n) is 7.09. The van der Waals surface area contributed by atoms with Crippen LogP contribution >= 0.6 is 0 Å². The number of aromatic nitrogens is 3. The summed E-state index contributed by atoms with van der Waals surface area (Å²) >= 11 is 0. The highest BCUT2D eigenvalue weighted by molar-refractivity contribution is 5.73. The van der Waals surface area contributed by atoms with Gasteiger partial charge >= 0.3 is 0 Å². The van der Waals surface area contributed by atoms with Crippen LogP contribution in [0.4, 0.5) is 0 Å². The van der Waals surface area contributed by atoms with E-state index in [1.165, 1.54) is 16.7 Å². The maximum Gasteiger partial charge on any atom is 0.147 e. The zero-order valence-corrected chi connectivity index (χ0v) is 14.9. The second kappa shape index (κ2) is 6.13. The van der Waals surface area contributed by atoms with Crippen LogP contribution in [-0.2, 0) is 0 Å². The number of allylic oxidation sites excluding steroid dienone is 3. The average Bonchev–Trinajstić information content (AvgIpc) is 3.27. The van der Waals surface area contributed by atoms with Gasteiger partial charge in [0.1, 0.15) is 28.6 Å². The molecule has 2 aliphatic rings. The Morgan fingerprint density at radius 2 is 1.85 bits per heavy atom. The van der Waals surface area contributed by atoms with Gasteiger partial charge in [-0.25, -0.2) is 0 Å². The lowest BCUT2D eigenvalue weighted by molar-refractivity contribution is 0.233. The molecule has 0 saturated carbocycles. The third-order valence-electron chi connectivity index (χ3n) is 5.26. The Hall–Kier alpha value is -2.88. The van der Waals surface area contributed by atoms with E-state index in [0.29, 0.717) is 0 Å². The number of hydrogen-bond acceptors (Lipinski definition) is 3. The summed E-state index contributed by atoms with van der Waals surface area (Å²) in [6.07, 6.45) is 9.12. The van der Waals surface area contributed by atoms with E-state index in [-0.39, 0.29) is 6.10 Å². The Kier molecular flexibility index (Phi) is 3.63. The predicted molar refractivity (Wildman–Crippen MR) is 103 cm³/mol. The van der Waals surface area contributed by atoms with Crippen molar-refractivity contribution in [1.82, 2.24) is 15.0 Å². The van der Waals surface area contributed by atoms with Crippen molar-refractivity contribution < 1.29 is 4.74 Å². The minimum absolute atomic E-state index is 0.168. The van der Waals surface area contributed by atoms with Gasteiger partial charge in [0.05, 0.1) is 0 Å². The van der Waals surface area contributed by atoms with E-state index in [1.807, 2.05) is 24.3 Å². The fourth-order valence-electron chi connectivity index (χ4n) is 3.94. The van der Waals surface area contributed by atoms with E-state index in [9.17, 15) is 0 Å². The Bertz CT molecular complexity index is 1010. The number of ether oxygens (including phenoxy) is 1. The molecule has 0 unspecified atom stereocenters. The molecule has 0 saturated heterocycles. The largest absolute Gasteiger partial charge is 0.484 e. The molecule has 4 heteroatoms. The van der Waals surface area contributed by atoms with Crippen LogP contribution in [0.2, 0.25) is 0 Å². The zero-order valence-electron chi connectivity index (χ0n) is 14.9. The van der Waals surface area contributed by atoms with Crippen LogP contribution in [0.1, 0.15) is 31.2 Å². The summed E-state index contributed by atoms with van der Waals surface area (Å²) in [6, 6.07) is 14.2. The highest BCUT2D eigenvalue weighted by atomic mass is 16.5. The summed E-state index contributed by atoms with van der Waals surface area (Å²) in [5, 5.41) is 9.29. The fraction of sp³-hybridized carbons (Fsp3) is 0.273. The van der Waals surface area contributed by atoms with Crippen LogP contribution in [-0.4, -0.2) is 21.1 Å². The average molecular weight is 343 g/mol. The van der Waals surface area contributed by atoms with E-state index in [4.69, 9.17) is 4.74 Å². The number of benzene rings is 2. The standard InChI is InChI=1S/C22H21N3O/c1-15-10-12-22(26-21-13-11-16-6-2-3-7-17(16)21)20(14-15)25-23-18-8-4-5-9-19(18)24-25/h2,4-6,8-10,12,14,21H,3,7,11,13H2,1H3/t21-/m0/s1. The van der Waals surface area contributed by atoms with Crippen molar-refractivity contribution >= 4 is 11.0 Å². The molecular formula is C22H21N3O. The third kappa shape index (κ3) is 2.62. The first-order valence-electron chi connectivity index (χ1n) is 9.26. The molecule has 5 rings (SSSR count). The molecule has 1 aromatic heterocycles. The fourth-order valence-corrected chi connectivity index (χ4v) is 3.94. The smallest absolute Gasteiger partial charge is 0.147 e. The van der Waals surface area contributed by atoms with Gasteiger partial charge in [-0.3, -0.25) is 0 Å². The van der Waals surface area contributed by atoms with E-state index in [1.54, 1.807) is 4.80 Å². The Labute approximate surface area is 152 Å². The molecule has 2 aliphatic carbocycles. The monoisotopic (exact) mass is 343 g/mol. The van der Waals surface area contributed by atoms with Crippen molar-refractivity contribution in [3.05, 3.63) is 71.3 Å². The maximum atomic E-state index is 6.49. The van der Waals surface area contributed by atoms with Gasteiger partial charge in [0, 0.05) is 0 Å². The SMILES string of the molecule is Cc1ccc(O[C@H]2CCC3=C2CCC=C3)c(-n2nc3ccccc3n2)c1. The van der Waals surface area contributed by atoms with Crippen LogP contribution in [0.3, 0.4) is 0 Å². The van der Waals surface area contributed by atoms with Crippen LogP contribution in [0, 0.1) is 6.92 Å². The predicted octanol–water partition coefficient (Wildman–Crippen LogP) is 4.92. The molecule has 0 radical (unpaired) electrons. The topological polar surface area (TPSA) is 39.9 Å². The summed E-state index contributed by atoms with van der Waals surface area (Å²) in [4.78, 5) is 1.71. The molecule has 0 N–H and O–H groups in total. The summed E-state index contributed by atoms with van der Waals surface area (Å²) in [7, 11) is 0. The van der Waals surface area contributed by atoms with E-state index in [2.05, 4.69) is 47.5 Å². The minimum Gasteiger partial charge on any atom is -0.484 e. The summed E-state index contributed by atoms with van der Waals surface area (Å²) in [5.41, 5.74) is 6.80. The van der Waals surface area contributed by atoms with Crippen molar-refractivity contribution in [1.29, 1.82) is 0 Å². The summed E-state index contributed by atoms with van der Waals surface area (Å²) in [6.45, 7) is 2.08. The lowest BCUT2D eigenvalue weighted by Gasteiger charge is -2.20. The van der Waals surface area contributed by atoms with Gasteiger partial charge in [0.25, 0.3) is 0 Å². The highest BCUT2D eigenvalue weighted by Gasteiger charge is 2.27. The number of aryl methyl sites for hydroxylation is 1. The molecular weight excluding hydrogens is 322 g/mol. The molecule has 4 nitrogen and oxygen atoms in total. The zero-order chi connectivity index (χ0) is 17.5. The van der Waals surface area contributed by atoms with Crippen molar-refractivity contribution in [2.45, 2.75) is 38.7 Å². The molecule has 2 aromatic carbocycles. The Balaban J connectivity index is 1.54. The molecule has 0 aliphatic heterocycles. The van der Waals surface area contributed by atoms with Gasteiger partial charge in [-0.05, 0) is 73.6 Å². The van der Waals surface area contributed by atoms with Crippen LogP contribution < -0.4 is 4.74 Å². The first-order chi connectivity index (χ1) is 12.8. The van der Waals surface area contributed by atoms with Crippen LogP contribution in [0.25, 0.3) is 16.7 Å². The molecule has 0 spiro atoms. The number of hydrogen-bond donors (Lipinski definition) is 0. The first-order valence-corrected chi connectivity index (χ1v) is 9.26. The van der Waals surface area contributed by atoms with Gasteiger partial charge in [-0.2, -0.15) is 0 Å². The highest BCUT2D eigenvalue weighted by Crippen LogP contribution is 2.37. The molecule has 0 amide bonds. The Morgan fingerprint density at radius 3 is 2.65 bits per heavy atom. The number of nitrogens with zero attached hydrogens (tertiary/aromatic N) is 3. The number of rotatable bonds is 3. The lowest BCUT2D eigenvalue weighted by Crippen LogP contribution is -2.18. The van der Waals surface area contributed by atoms with Crippen LogP contribution in [0.15, 0.2) is 65.8 Å². The normalized spacial score (nSPS) is 19.2. The van der Waals surface area contributed by atoms with Gasteiger partial charge in [-0.1, -0.05) is 30.4 Å². The first kappa shape index (κ1) is 15.4. The molecule has 1 atom stereocenters. The van der Waals surface area contributed by atoms with Crippen molar-refractivity contribution in [3.63, 3.8) is 0 Å². The molecule has 26 heavy (non-hydrogen) atoms. The maximum absolute atomic E-state index is 6.49. The summed E-state index contributed by atoms with van der Waals surface area (Å²) < 4.78 is 6.49. The van der Waals surface area contributed by atoms with E-state index >= 15 is 0 Å². The molecule has 0 fully saturated rings. The van der Waals surface area contributed by atoms with Gasteiger partial charge in [0.2, 0.25) is 0 Å². The van der Waals surface area contributed by atoms with Crippen molar-refractivity contribution in [2.75, 3.05) is 0 Å². The van der Waals surface area contributed by atoms with Gasteiger partial charge in [0.15, 0.2) is 0 Å². The van der Waals surface area contributed by atoms with E-state index in [0.717, 1.165) is 48.2 Å². The number of fused-ring (bicyclic) bond motifs is 1. The lowest BCUT2D eigenvalue weighted by atomic mass is 9.99. The van der Waals surface area contributed by atoms with Gasteiger partial charge < -0.3 is 4.74 Å². The van der Waals surface area contributed by atoms with E-state index < -0.39 is 0 Å². The summed E-state index contributed by atoms with van der Waals surface area (Å²) in [5.74, 6) is 0.851. The molecule has 3 aromatic rings. The van der Waals surface area contributed by atoms with Crippen LogP contribution in [0.5, 0.6) is 5.75 Å². The van der Waals surface area contributed by atoms with Crippen molar-refractivity contribution in [2.24, 2.45) is 0 Å². The molecule has 1 heterocycles. The quantitative estimate of drug-likeness (QED) is 0.678. The second-order valence-corrected chi connectivity index (χ2v) is 7.09. The Morgan fingerprint density at radius 1 is 1.04 bits per heavy atom. The minimum atomic E-state index is 0.168. The van der Waals surface area contributed by atoms with Crippen molar-refractivity contribution in [3.8, 4) is 11.4 Å².